The molecule has 2 saturated heterocycles. The van der Waals surface area contributed by atoms with Crippen LogP contribution in [0.15, 0.2) is 0 Å². The van der Waals surface area contributed by atoms with Crippen molar-refractivity contribution in [3.63, 3.8) is 0 Å². The Morgan fingerprint density at radius 2 is 2.21 bits per heavy atom. The van der Waals surface area contributed by atoms with E-state index >= 15 is 0 Å². The molecule has 6 heteroatoms. The van der Waals surface area contributed by atoms with Gasteiger partial charge in [-0.25, -0.2) is 4.79 Å². The third kappa shape index (κ3) is 4.11. The van der Waals surface area contributed by atoms with Gasteiger partial charge in [0.25, 0.3) is 0 Å². The molecule has 2 rings (SSSR count). The lowest BCUT2D eigenvalue weighted by atomic mass is 10.0. The van der Waals surface area contributed by atoms with Gasteiger partial charge in [0.15, 0.2) is 0 Å². The van der Waals surface area contributed by atoms with Gasteiger partial charge in [0.2, 0.25) is 5.91 Å². The summed E-state index contributed by atoms with van der Waals surface area (Å²) in [6.45, 7) is 1.34. The fourth-order valence-electron chi connectivity index (χ4n) is 2.57. The monoisotopic (exact) mass is 287 g/mol. The quantitative estimate of drug-likeness (QED) is 0.846. The van der Waals surface area contributed by atoms with E-state index in [9.17, 15) is 9.59 Å². The van der Waals surface area contributed by atoms with E-state index in [0.717, 1.165) is 38.0 Å². The molecule has 5 nitrogen and oxygen atoms in total. The van der Waals surface area contributed by atoms with Crippen LogP contribution in [0.5, 0.6) is 0 Å². The normalized spacial score (nSPS) is 28.1. The fourth-order valence-corrected chi connectivity index (χ4v) is 3.61. The Balaban J connectivity index is 1.81. The largest absolute Gasteiger partial charge is 0.480 e. The Kier molecular flexibility index (Phi) is 5.51. The van der Waals surface area contributed by atoms with Gasteiger partial charge in [-0.2, -0.15) is 11.8 Å². The molecule has 0 aromatic carbocycles. The number of hydrogen-bond donors (Lipinski definition) is 1. The van der Waals surface area contributed by atoms with Crippen LogP contribution in [0.2, 0.25) is 0 Å². The maximum Gasteiger partial charge on any atom is 0.327 e. The van der Waals surface area contributed by atoms with E-state index < -0.39 is 12.0 Å². The van der Waals surface area contributed by atoms with Crippen molar-refractivity contribution >= 4 is 23.6 Å². The third-order valence-electron chi connectivity index (χ3n) is 3.69. The van der Waals surface area contributed by atoms with E-state index in [1.807, 2.05) is 0 Å². The molecule has 2 fully saturated rings. The minimum atomic E-state index is -0.894. The number of carbonyl (C=O) groups excluding carboxylic acids is 1. The van der Waals surface area contributed by atoms with Crippen LogP contribution < -0.4 is 0 Å². The highest BCUT2D eigenvalue weighted by Crippen LogP contribution is 2.21. The minimum Gasteiger partial charge on any atom is -0.480 e. The van der Waals surface area contributed by atoms with Gasteiger partial charge in [-0.05, 0) is 25.7 Å². The van der Waals surface area contributed by atoms with Gasteiger partial charge in [0.05, 0.1) is 6.10 Å². The highest BCUT2D eigenvalue weighted by atomic mass is 32.2. The maximum absolute atomic E-state index is 12.2. The SMILES string of the molecule is O=C(O)C1CSCCN1C(=O)CCC1CCCCO1. The van der Waals surface area contributed by atoms with Gasteiger partial charge < -0.3 is 14.7 Å². The van der Waals surface area contributed by atoms with Crippen LogP contribution in [0.1, 0.15) is 32.1 Å². The second-order valence-corrected chi connectivity index (χ2v) is 6.19. The van der Waals surface area contributed by atoms with Crippen LogP contribution in [0.3, 0.4) is 0 Å². The number of rotatable bonds is 4. The third-order valence-corrected chi connectivity index (χ3v) is 4.71. The second kappa shape index (κ2) is 7.14. The van der Waals surface area contributed by atoms with Crippen molar-refractivity contribution in [1.82, 2.24) is 4.90 Å². The molecule has 2 atom stereocenters. The standard InChI is InChI=1S/C13H21NO4S/c15-12(5-4-10-3-1-2-7-18-10)14-6-8-19-9-11(14)13(16)17/h10-11H,1-9H2,(H,16,17). The predicted molar refractivity (Wildman–Crippen MR) is 73.3 cm³/mol. The van der Waals surface area contributed by atoms with Crippen molar-refractivity contribution in [3.05, 3.63) is 0 Å². The highest BCUT2D eigenvalue weighted by molar-refractivity contribution is 7.99. The van der Waals surface area contributed by atoms with Crippen molar-refractivity contribution in [2.45, 2.75) is 44.2 Å². The van der Waals surface area contributed by atoms with E-state index in [4.69, 9.17) is 9.84 Å². The van der Waals surface area contributed by atoms with Gasteiger partial charge in [-0.1, -0.05) is 0 Å². The molecular formula is C13H21NO4S. The zero-order chi connectivity index (χ0) is 13.7. The van der Waals surface area contributed by atoms with Gasteiger partial charge >= 0.3 is 5.97 Å². The van der Waals surface area contributed by atoms with Crippen LogP contribution in [0.4, 0.5) is 0 Å². The highest BCUT2D eigenvalue weighted by Gasteiger charge is 2.32. The number of carbonyl (C=O) groups is 2. The summed E-state index contributed by atoms with van der Waals surface area (Å²) in [6.07, 6.45) is 4.59. The summed E-state index contributed by atoms with van der Waals surface area (Å²) < 4.78 is 5.60. The van der Waals surface area contributed by atoms with Gasteiger partial charge in [0.1, 0.15) is 6.04 Å². The summed E-state index contributed by atoms with van der Waals surface area (Å²) in [6, 6.07) is -0.654. The van der Waals surface area contributed by atoms with Gasteiger partial charge in [-0.3, -0.25) is 4.79 Å². The number of aliphatic carboxylic acids is 1. The Morgan fingerprint density at radius 1 is 1.37 bits per heavy atom. The zero-order valence-corrected chi connectivity index (χ0v) is 11.9. The summed E-state index contributed by atoms with van der Waals surface area (Å²) in [4.78, 5) is 24.8. The summed E-state index contributed by atoms with van der Waals surface area (Å²) in [7, 11) is 0. The Morgan fingerprint density at radius 3 is 2.89 bits per heavy atom. The number of hydrogen-bond acceptors (Lipinski definition) is 4. The van der Waals surface area contributed by atoms with Crippen LogP contribution in [-0.2, 0) is 14.3 Å². The number of carboxylic acids is 1. The molecular weight excluding hydrogens is 266 g/mol. The first-order valence-electron chi connectivity index (χ1n) is 6.90. The van der Waals surface area contributed by atoms with Gasteiger partial charge in [-0.15, -0.1) is 0 Å². The number of nitrogens with zero attached hydrogens (tertiary/aromatic N) is 1. The fraction of sp³-hybridized carbons (Fsp3) is 0.846. The molecule has 0 aliphatic carbocycles. The Hall–Kier alpha value is -0.750. The molecule has 1 amide bonds. The van der Waals surface area contributed by atoms with Crippen LogP contribution in [0, 0.1) is 0 Å². The van der Waals surface area contributed by atoms with Crippen molar-refractivity contribution < 1.29 is 19.4 Å². The number of thioether (sulfide) groups is 1. The molecule has 0 aromatic heterocycles. The average molecular weight is 287 g/mol. The Labute approximate surface area is 117 Å². The minimum absolute atomic E-state index is 0.0399. The van der Waals surface area contributed by atoms with Crippen molar-refractivity contribution in [3.8, 4) is 0 Å². The first-order chi connectivity index (χ1) is 9.18. The molecule has 0 bridgehead atoms. The second-order valence-electron chi connectivity index (χ2n) is 5.04. The van der Waals surface area contributed by atoms with Crippen molar-refractivity contribution in [1.29, 1.82) is 0 Å². The van der Waals surface area contributed by atoms with E-state index in [0.29, 0.717) is 18.7 Å². The first-order valence-corrected chi connectivity index (χ1v) is 8.05. The molecule has 0 radical (unpaired) electrons. The van der Waals surface area contributed by atoms with E-state index in [2.05, 4.69) is 0 Å². The molecule has 1 N–H and O–H groups in total. The first kappa shape index (κ1) is 14.7. The number of amides is 1. The van der Waals surface area contributed by atoms with E-state index in [-0.39, 0.29) is 12.0 Å². The molecule has 2 heterocycles. The van der Waals surface area contributed by atoms with E-state index in [1.165, 1.54) is 4.90 Å². The lowest BCUT2D eigenvalue weighted by Crippen LogP contribution is -2.50. The Bertz CT molecular complexity index is 331. The van der Waals surface area contributed by atoms with Gasteiger partial charge in [0, 0.05) is 31.1 Å². The molecule has 2 aliphatic rings. The maximum atomic E-state index is 12.2. The zero-order valence-electron chi connectivity index (χ0n) is 11.0. The molecule has 0 spiro atoms. The van der Waals surface area contributed by atoms with E-state index in [1.54, 1.807) is 11.8 Å². The van der Waals surface area contributed by atoms with Crippen LogP contribution in [0.25, 0.3) is 0 Å². The summed E-state index contributed by atoms with van der Waals surface area (Å²) in [5.41, 5.74) is 0. The molecule has 0 saturated carbocycles. The number of ether oxygens (including phenoxy) is 1. The van der Waals surface area contributed by atoms with Crippen molar-refractivity contribution in [2.24, 2.45) is 0 Å². The predicted octanol–water partition coefficient (Wildman–Crippen LogP) is 1.36. The summed E-state index contributed by atoms with van der Waals surface area (Å²) in [5.74, 6) is 0.396. The molecule has 19 heavy (non-hydrogen) atoms. The smallest absolute Gasteiger partial charge is 0.327 e. The van der Waals surface area contributed by atoms with Crippen molar-refractivity contribution in [2.75, 3.05) is 24.7 Å². The van der Waals surface area contributed by atoms with Crippen LogP contribution in [-0.4, -0.2) is 58.7 Å². The average Bonchev–Trinajstić information content (AvgIpc) is 2.46. The number of carboxylic acid groups (broad SMARTS) is 1. The topological polar surface area (TPSA) is 66.8 Å². The lowest BCUT2D eigenvalue weighted by Gasteiger charge is -2.33. The molecule has 108 valence electrons. The summed E-state index contributed by atoms with van der Waals surface area (Å²) in [5, 5.41) is 9.14. The molecule has 0 aromatic rings. The molecule has 2 unspecified atom stereocenters. The van der Waals surface area contributed by atoms with Crippen LogP contribution >= 0.6 is 11.8 Å². The lowest BCUT2D eigenvalue weighted by molar-refractivity contribution is -0.149. The molecule has 2 aliphatic heterocycles. The summed E-state index contributed by atoms with van der Waals surface area (Å²) >= 11 is 1.60.